The topological polar surface area (TPSA) is 74.4 Å². The number of carbonyl (C=O) groups excluding carboxylic acids is 1. The van der Waals surface area contributed by atoms with Crippen LogP contribution in [0.25, 0.3) is 0 Å². The normalized spacial score (nSPS) is 28.9. The van der Waals surface area contributed by atoms with Crippen molar-refractivity contribution in [2.24, 2.45) is 5.92 Å². The molecule has 2 saturated heterocycles. The first-order valence-corrected chi connectivity index (χ1v) is 7.85. The van der Waals surface area contributed by atoms with Crippen LogP contribution < -0.4 is 21.5 Å². The van der Waals surface area contributed by atoms with E-state index in [0.29, 0.717) is 12.6 Å². The number of hydrogen-bond acceptors (Lipinski definition) is 5. The molecular formula is C16H24N4O2. The van der Waals surface area contributed by atoms with Gasteiger partial charge in [-0.05, 0) is 18.5 Å². The van der Waals surface area contributed by atoms with Crippen LogP contribution >= 0.6 is 0 Å². The Labute approximate surface area is 131 Å². The van der Waals surface area contributed by atoms with Gasteiger partial charge in [0.1, 0.15) is 6.04 Å². The van der Waals surface area contributed by atoms with Crippen molar-refractivity contribution in [3.05, 3.63) is 35.9 Å². The van der Waals surface area contributed by atoms with Crippen LogP contribution in [0.5, 0.6) is 0 Å². The second-order valence-electron chi connectivity index (χ2n) is 5.96. The Balaban J connectivity index is 1.66. The summed E-state index contributed by atoms with van der Waals surface area (Å²) in [5.41, 5.74) is 7.46. The molecule has 2 aliphatic rings. The Morgan fingerprint density at radius 2 is 2.18 bits per heavy atom. The number of fused-ring (bicyclic) bond motifs is 1. The first-order valence-electron chi connectivity index (χ1n) is 7.85. The van der Waals surface area contributed by atoms with Gasteiger partial charge in [-0.3, -0.25) is 10.2 Å². The second-order valence-corrected chi connectivity index (χ2v) is 5.96. The van der Waals surface area contributed by atoms with Gasteiger partial charge >= 0.3 is 0 Å². The summed E-state index contributed by atoms with van der Waals surface area (Å²) in [5.74, 6) is 0.308. The van der Waals surface area contributed by atoms with Crippen LogP contribution in [0.2, 0.25) is 0 Å². The molecule has 120 valence electrons. The number of carbonyl (C=O) groups is 1. The minimum Gasteiger partial charge on any atom is -0.382 e. The van der Waals surface area contributed by atoms with Crippen LogP contribution in [-0.4, -0.2) is 44.8 Å². The van der Waals surface area contributed by atoms with Crippen molar-refractivity contribution in [2.75, 3.05) is 26.8 Å². The van der Waals surface area contributed by atoms with Crippen LogP contribution in [0.1, 0.15) is 18.0 Å². The number of amides is 1. The summed E-state index contributed by atoms with van der Waals surface area (Å²) in [6, 6.07) is 9.97. The zero-order chi connectivity index (χ0) is 15.4. The van der Waals surface area contributed by atoms with Crippen LogP contribution in [-0.2, 0) is 9.53 Å². The van der Waals surface area contributed by atoms with Gasteiger partial charge in [0.2, 0.25) is 5.91 Å². The highest BCUT2D eigenvalue weighted by atomic mass is 16.5. The fourth-order valence-electron chi connectivity index (χ4n) is 3.31. The smallest absolute Gasteiger partial charge is 0.239 e. The fraction of sp³-hybridized carbons (Fsp3) is 0.562. The summed E-state index contributed by atoms with van der Waals surface area (Å²) in [7, 11) is 1.65. The molecule has 2 heterocycles. The van der Waals surface area contributed by atoms with E-state index in [1.165, 1.54) is 0 Å². The summed E-state index contributed by atoms with van der Waals surface area (Å²) in [4.78, 5) is 12.7. The van der Waals surface area contributed by atoms with Gasteiger partial charge in [0.15, 0.2) is 0 Å². The van der Waals surface area contributed by atoms with Gasteiger partial charge in [0, 0.05) is 25.6 Å². The van der Waals surface area contributed by atoms with E-state index in [9.17, 15) is 4.79 Å². The Morgan fingerprint density at radius 1 is 1.36 bits per heavy atom. The number of piperidine rings is 1. The van der Waals surface area contributed by atoms with Crippen LogP contribution in [0.15, 0.2) is 30.3 Å². The maximum Gasteiger partial charge on any atom is 0.239 e. The van der Waals surface area contributed by atoms with E-state index < -0.39 is 0 Å². The minimum absolute atomic E-state index is 0.0228. The molecule has 3 rings (SSSR count). The monoisotopic (exact) mass is 304 g/mol. The second kappa shape index (κ2) is 7.19. The van der Waals surface area contributed by atoms with Crippen molar-refractivity contribution < 1.29 is 9.53 Å². The number of hydrogen-bond donors (Lipinski definition) is 4. The molecule has 2 fully saturated rings. The van der Waals surface area contributed by atoms with Crippen molar-refractivity contribution in [1.82, 2.24) is 21.5 Å². The van der Waals surface area contributed by atoms with Crippen molar-refractivity contribution in [3.63, 3.8) is 0 Å². The van der Waals surface area contributed by atoms with Crippen molar-refractivity contribution in [2.45, 2.75) is 24.5 Å². The average molecular weight is 304 g/mol. The van der Waals surface area contributed by atoms with Crippen molar-refractivity contribution in [1.29, 1.82) is 0 Å². The largest absolute Gasteiger partial charge is 0.382 e. The van der Waals surface area contributed by atoms with Gasteiger partial charge in [0.25, 0.3) is 0 Å². The first kappa shape index (κ1) is 15.4. The summed E-state index contributed by atoms with van der Waals surface area (Å²) < 4.78 is 5.27. The molecule has 1 aromatic rings. The first-order chi connectivity index (χ1) is 10.8. The van der Waals surface area contributed by atoms with Gasteiger partial charge < -0.3 is 15.4 Å². The third-order valence-electron chi connectivity index (χ3n) is 4.52. The molecule has 22 heavy (non-hydrogen) atoms. The highest BCUT2D eigenvalue weighted by molar-refractivity contribution is 5.83. The van der Waals surface area contributed by atoms with E-state index >= 15 is 0 Å². The highest BCUT2D eigenvalue weighted by Crippen LogP contribution is 2.21. The molecule has 0 radical (unpaired) electrons. The lowest BCUT2D eigenvalue weighted by Gasteiger charge is -2.28. The number of ether oxygens (including phenoxy) is 1. The summed E-state index contributed by atoms with van der Waals surface area (Å²) >= 11 is 0. The molecule has 0 aromatic heterocycles. The Morgan fingerprint density at radius 3 is 2.95 bits per heavy atom. The number of methoxy groups -OCH3 is 1. The average Bonchev–Trinajstić information content (AvgIpc) is 2.99. The summed E-state index contributed by atoms with van der Waals surface area (Å²) in [6.45, 7) is 2.33. The lowest BCUT2D eigenvalue weighted by Crippen LogP contribution is -2.50. The Hall–Kier alpha value is -1.47. The molecule has 0 spiro atoms. The molecule has 1 amide bonds. The molecule has 4 atom stereocenters. The van der Waals surface area contributed by atoms with Crippen LogP contribution in [0.3, 0.4) is 0 Å². The Kier molecular flexibility index (Phi) is 5.04. The van der Waals surface area contributed by atoms with Crippen molar-refractivity contribution in [3.8, 4) is 0 Å². The molecule has 0 aliphatic carbocycles. The molecule has 1 aromatic carbocycles. The molecule has 4 N–H and O–H groups in total. The number of nitrogens with one attached hydrogen (secondary N) is 4. The molecular weight excluding hydrogens is 280 g/mol. The summed E-state index contributed by atoms with van der Waals surface area (Å²) in [5, 5.41) is 6.48. The van der Waals surface area contributed by atoms with E-state index in [1.807, 2.05) is 30.3 Å². The predicted octanol–water partition coefficient (Wildman–Crippen LogP) is -0.0552. The zero-order valence-corrected chi connectivity index (χ0v) is 12.8. The van der Waals surface area contributed by atoms with Gasteiger partial charge in [-0.15, -0.1) is 0 Å². The number of benzene rings is 1. The SMILES string of the molecule is COCC(NC(=O)C1NNC2CCNCC21)c1ccccc1. The lowest BCUT2D eigenvalue weighted by molar-refractivity contribution is -0.125. The standard InChI is InChI=1S/C16H24N4O2/c1-22-10-14(11-5-3-2-4-6-11)18-16(21)15-12-9-17-8-7-13(12)19-20-15/h2-6,12-15,17,19-20H,7-10H2,1H3,(H,18,21). The van der Waals surface area contributed by atoms with Gasteiger partial charge in [0.05, 0.1) is 12.6 Å². The Bertz CT molecular complexity index is 496. The van der Waals surface area contributed by atoms with Crippen molar-refractivity contribution >= 4 is 5.91 Å². The van der Waals surface area contributed by atoms with E-state index in [2.05, 4.69) is 21.5 Å². The van der Waals surface area contributed by atoms with E-state index in [-0.39, 0.29) is 23.9 Å². The fourth-order valence-corrected chi connectivity index (χ4v) is 3.31. The van der Waals surface area contributed by atoms with E-state index in [1.54, 1.807) is 7.11 Å². The van der Waals surface area contributed by atoms with E-state index in [0.717, 1.165) is 25.1 Å². The van der Waals surface area contributed by atoms with Gasteiger partial charge in [-0.1, -0.05) is 30.3 Å². The molecule has 4 unspecified atom stereocenters. The predicted molar refractivity (Wildman–Crippen MR) is 84.0 cm³/mol. The molecule has 6 heteroatoms. The maximum absolute atomic E-state index is 12.7. The van der Waals surface area contributed by atoms with Gasteiger partial charge in [-0.25, -0.2) is 5.43 Å². The summed E-state index contributed by atoms with van der Waals surface area (Å²) in [6.07, 6.45) is 1.04. The van der Waals surface area contributed by atoms with Gasteiger partial charge in [-0.2, -0.15) is 0 Å². The number of rotatable bonds is 5. The zero-order valence-electron chi connectivity index (χ0n) is 12.8. The quantitative estimate of drug-likeness (QED) is 0.613. The molecule has 6 nitrogen and oxygen atoms in total. The maximum atomic E-state index is 12.7. The van der Waals surface area contributed by atoms with Crippen LogP contribution in [0.4, 0.5) is 0 Å². The third kappa shape index (κ3) is 3.30. The minimum atomic E-state index is -0.208. The highest BCUT2D eigenvalue weighted by Gasteiger charge is 2.41. The third-order valence-corrected chi connectivity index (χ3v) is 4.52. The lowest BCUT2D eigenvalue weighted by atomic mass is 9.89. The number of hydrazine groups is 1. The molecule has 0 saturated carbocycles. The van der Waals surface area contributed by atoms with Crippen LogP contribution in [0, 0.1) is 5.92 Å². The molecule has 0 bridgehead atoms. The van der Waals surface area contributed by atoms with E-state index in [4.69, 9.17) is 4.74 Å². The molecule has 2 aliphatic heterocycles.